The Labute approximate surface area is 153 Å². The highest BCUT2D eigenvalue weighted by Crippen LogP contribution is 2.22. The lowest BCUT2D eigenvalue weighted by Gasteiger charge is -2.21. The summed E-state index contributed by atoms with van der Waals surface area (Å²) in [5.41, 5.74) is 0.384. The molecule has 0 radical (unpaired) electrons. The van der Waals surface area contributed by atoms with Crippen molar-refractivity contribution in [1.29, 1.82) is 0 Å². The van der Waals surface area contributed by atoms with Gasteiger partial charge >= 0.3 is 5.97 Å². The van der Waals surface area contributed by atoms with Crippen LogP contribution in [0.2, 0.25) is 0 Å². The molecule has 6 nitrogen and oxygen atoms in total. The summed E-state index contributed by atoms with van der Waals surface area (Å²) in [6.45, 7) is 6.11. The van der Waals surface area contributed by atoms with Crippen molar-refractivity contribution in [3.05, 3.63) is 54.4 Å². The highest BCUT2D eigenvalue weighted by Gasteiger charge is 2.23. The van der Waals surface area contributed by atoms with Gasteiger partial charge in [0.1, 0.15) is 17.5 Å². The highest BCUT2D eigenvalue weighted by molar-refractivity contribution is 5.96. The van der Waals surface area contributed by atoms with Crippen LogP contribution >= 0.6 is 0 Å². The van der Waals surface area contributed by atoms with Crippen molar-refractivity contribution in [2.75, 3.05) is 0 Å². The first kappa shape index (κ1) is 19.4. The van der Waals surface area contributed by atoms with Crippen molar-refractivity contribution in [2.45, 2.75) is 39.7 Å². The second kappa shape index (κ2) is 8.47. The van der Waals surface area contributed by atoms with Crippen LogP contribution in [-0.2, 0) is 4.79 Å². The Morgan fingerprint density at radius 1 is 1.15 bits per heavy atom. The minimum Gasteiger partial charge on any atom is -0.480 e. The molecule has 0 fully saturated rings. The van der Waals surface area contributed by atoms with Gasteiger partial charge < -0.3 is 15.2 Å². The van der Waals surface area contributed by atoms with Gasteiger partial charge in [0.2, 0.25) is 0 Å². The smallest absolute Gasteiger partial charge is 0.326 e. The molecule has 1 aromatic heterocycles. The maximum absolute atomic E-state index is 12.3. The third-order valence-corrected chi connectivity index (χ3v) is 3.77. The molecular weight excluding hydrogens is 332 g/mol. The number of nitrogens with one attached hydrogen (secondary N) is 1. The first-order valence-electron chi connectivity index (χ1n) is 8.46. The van der Waals surface area contributed by atoms with Crippen LogP contribution in [0.3, 0.4) is 0 Å². The first-order valence-corrected chi connectivity index (χ1v) is 8.46. The van der Waals surface area contributed by atoms with E-state index < -0.39 is 17.9 Å². The van der Waals surface area contributed by atoms with E-state index in [4.69, 9.17) is 4.74 Å². The van der Waals surface area contributed by atoms with Crippen LogP contribution in [-0.4, -0.2) is 28.0 Å². The zero-order valence-electron chi connectivity index (χ0n) is 15.2. The zero-order valence-corrected chi connectivity index (χ0v) is 15.2. The molecule has 1 aromatic carbocycles. The van der Waals surface area contributed by atoms with E-state index in [2.05, 4.69) is 10.3 Å². The molecule has 26 heavy (non-hydrogen) atoms. The van der Waals surface area contributed by atoms with Crippen LogP contribution in [0.4, 0.5) is 0 Å². The topological polar surface area (TPSA) is 88.5 Å². The fraction of sp³-hybridized carbons (Fsp3) is 0.350. The van der Waals surface area contributed by atoms with Crippen molar-refractivity contribution in [3.63, 3.8) is 0 Å². The van der Waals surface area contributed by atoms with E-state index in [-0.39, 0.29) is 5.41 Å². The molecule has 1 atom stereocenters. The fourth-order valence-electron chi connectivity index (χ4n) is 2.29. The number of hydrogen-bond acceptors (Lipinski definition) is 4. The van der Waals surface area contributed by atoms with Gasteiger partial charge in [0.05, 0.1) is 6.20 Å². The summed E-state index contributed by atoms with van der Waals surface area (Å²) in [5, 5.41) is 11.9. The second-order valence-electron chi connectivity index (χ2n) is 7.28. The van der Waals surface area contributed by atoms with Gasteiger partial charge in [-0.1, -0.05) is 20.8 Å². The summed E-state index contributed by atoms with van der Waals surface area (Å²) in [6, 6.07) is 9.15. The first-order chi connectivity index (χ1) is 12.2. The molecule has 1 amide bonds. The van der Waals surface area contributed by atoms with Crippen molar-refractivity contribution >= 4 is 11.9 Å². The molecule has 0 spiro atoms. The lowest BCUT2D eigenvalue weighted by atomic mass is 9.88. The van der Waals surface area contributed by atoms with Crippen molar-refractivity contribution < 1.29 is 19.4 Å². The molecule has 0 bridgehead atoms. The van der Waals surface area contributed by atoms with Crippen LogP contribution in [0, 0.1) is 5.41 Å². The molecule has 2 N–H and O–H groups in total. The molecular formula is C20H24N2O4. The minimum atomic E-state index is -1.03. The number of aromatic nitrogens is 1. The van der Waals surface area contributed by atoms with E-state index in [1.54, 1.807) is 48.8 Å². The van der Waals surface area contributed by atoms with Crippen LogP contribution in [0.25, 0.3) is 0 Å². The Bertz CT molecular complexity index is 737. The van der Waals surface area contributed by atoms with Crippen molar-refractivity contribution in [3.8, 4) is 11.5 Å². The van der Waals surface area contributed by atoms with Crippen molar-refractivity contribution in [1.82, 2.24) is 10.3 Å². The standard InChI is InChI=1S/C20H24N2O4/c1-20(2,3)11-10-17(19(24)25)22-18(23)14-6-8-15(9-7-14)26-16-5-4-12-21-13-16/h4-9,12-13,17H,10-11H2,1-3H3,(H,22,23)(H,24,25). The van der Waals surface area contributed by atoms with E-state index in [9.17, 15) is 14.7 Å². The predicted molar refractivity (Wildman–Crippen MR) is 98.3 cm³/mol. The number of ether oxygens (including phenoxy) is 1. The Hall–Kier alpha value is -2.89. The number of carbonyl (C=O) groups excluding carboxylic acids is 1. The van der Waals surface area contributed by atoms with Gasteiger partial charge in [-0.2, -0.15) is 0 Å². The van der Waals surface area contributed by atoms with Gasteiger partial charge in [0.25, 0.3) is 5.91 Å². The van der Waals surface area contributed by atoms with E-state index in [1.807, 2.05) is 20.8 Å². The van der Waals surface area contributed by atoms with Gasteiger partial charge in [-0.3, -0.25) is 9.78 Å². The number of pyridine rings is 1. The van der Waals surface area contributed by atoms with Gasteiger partial charge in [-0.15, -0.1) is 0 Å². The van der Waals surface area contributed by atoms with Crippen LogP contribution in [0.1, 0.15) is 44.0 Å². The monoisotopic (exact) mass is 356 g/mol. The predicted octanol–water partition coefficient (Wildman–Crippen LogP) is 3.88. The van der Waals surface area contributed by atoms with E-state index >= 15 is 0 Å². The largest absolute Gasteiger partial charge is 0.480 e. The van der Waals surface area contributed by atoms with Crippen LogP contribution in [0.15, 0.2) is 48.8 Å². The summed E-state index contributed by atoms with van der Waals surface area (Å²) in [5.74, 6) is -0.284. The Kier molecular flexibility index (Phi) is 6.33. The maximum Gasteiger partial charge on any atom is 0.326 e. The maximum atomic E-state index is 12.3. The third kappa shape index (κ3) is 6.20. The summed E-state index contributed by atoms with van der Waals surface area (Å²) in [6.07, 6.45) is 4.32. The molecule has 1 heterocycles. The number of amides is 1. The van der Waals surface area contributed by atoms with Crippen LogP contribution < -0.4 is 10.1 Å². The number of carboxylic acid groups (broad SMARTS) is 1. The van der Waals surface area contributed by atoms with E-state index in [0.29, 0.717) is 29.9 Å². The highest BCUT2D eigenvalue weighted by atomic mass is 16.5. The Morgan fingerprint density at radius 2 is 1.85 bits per heavy atom. The molecule has 2 aromatic rings. The normalized spacial score (nSPS) is 12.3. The molecule has 6 heteroatoms. The summed E-state index contributed by atoms with van der Waals surface area (Å²) < 4.78 is 5.62. The SMILES string of the molecule is CC(C)(C)CCC(NC(=O)c1ccc(Oc2cccnc2)cc1)C(=O)O. The number of benzene rings is 1. The molecule has 1 unspecified atom stereocenters. The average molecular weight is 356 g/mol. The number of carboxylic acids is 1. The summed E-state index contributed by atoms with van der Waals surface area (Å²) in [7, 11) is 0. The number of nitrogens with zero attached hydrogens (tertiary/aromatic N) is 1. The lowest BCUT2D eigenvalue weighted by molar-refractivity contribution is -0.139. The van der Waals surface area contributed by atoms with Gasteiger partial charge in [-0.05, 0) is 54.7 Å². The fourth-order valence-corrected chi connectivity index (χ4v) is 2.29. The quantitative estimate of drug-likeness (QED) is 0.786. The molecule has 0 aliphatic carbocycles. The summed E-state index contributed by atoms with van der Waals surface area (Å²) >= 11 is 0. The molecule has 0 aliphatic rings. The van der Waals surface area contributed by atoms with Gasteiger partial charge in [0, 0.05) is 11.8 Å². The zero-order chi connectivity index (χ0) is 19.2. The minimum absolute atomic E-state index is 0.00368. The van der Waals surface area contributed by atoms with Gasteiger partial charge in [-0.25, -0.2) is 4.79 Å². The Balaban J connectivity index is 1.98. The van der Waals surface area contributed by atoms with E-state index in [0.717, 1.165) is 0 Å². The second-order valence-corrected chi connectivity index (χ2v) is 7.28. The molecule has 0 aliphatic heterocycles. The number of hydrogen-bond donors (Lipinski definition) is 2. The third-order valence-electron chi connectivity index (χ3n) is 3.77. The molecule has 138 valence electrons. The number of rotatable bonds is 7. The molecule has 0 saturated carbocycles. The molecule has 2 rings (SSSR count). The number of aliphatic carboxylic acids is 1. The van der Waals surface area contributed by atoms with Crippen molar-refractivity contribution in [2.24, 2.45) is 5.41 Å². The lowest BCUT2D eigenvalue weighted by Crippen LogP contribution is -2.41. The van der Waals surface area contributed by atoms with Crippen LogP contribution in [0.5, 0.6) is 11.5 Å². The average Bonchev–Trinajstić information content (AvgIpc) is 2.59. The number of carbonyl (C=O) groups is 2. The van der Waals surface area contributed by atoms with Gasteiger partial charge in [0.15, 0.2) is 0 Å². The Morgan fingerprint density at radius 3 is 2.38 bits per heavy atom. The van der Waals surface area contributed by atoms with E-state index in [1.165, 1.54) is 0 Å². The molecule has 0 saturated heterocycles. The summed E-state index contributed by atoms with van der Waals surface area (Å²) in [4.78, 5) is 27.7.